The van der Waals surface area contributed by atoms with Crippen LogP contribution in [-0.2, 0) is 6.42 Å². The molecule has 19 heavy (non-hydrogen) atoms. The number of carbonyl (C=O) groups is 1. The van der Waals surface area contributed by atoms with Crippen molar-refractivity contribution in [1.29, 1.82) is 0 Å². The van der Waals surface area contributed by atoms with Crippen molar-refractivity contribution in [3.63, 3.8) is 0 Å². The van der Waals surface area contributed by atoms with Crippen molar-refractivity contribution < 1.29 is 4.79 Å². The van der Waals surface area contributed by atoms with Crippen LogP contribution in [0.5, 0.6) is 0 Å². The Balaban J connectivity index is 1.76. The predicted octanol–water partition coefficient (Wildman–Crippen LogP) is 1.93. The summed E-state index contributed by atoms with van der Waals surface area (Å²) in [5, 5.41) is 12.6. The predicted molar refractivity (Wildman–Crippen MR) is 73.9 cm³/mol. The number of anilines is 1. The summed E-state index contributed by atoms with van der Waals surface area (Å²) in [6, 6.07) is 5.36. The third-order valence-electron chi connectivity index (χ3n) is 3.28. The summed E-state index contributed by atoms with van der Waals surface area (Å²) in [5.74, 6) is 0.117. The highest BCUT2D eigenvalue weighted by Gasteiger charge is 2.23. The van der Waals surface area contributed by atoms with E-state index in [-0.39, 0.29) is 11.9 Å². The van der Waals surface area contributed by atoms with Crippen LogP contribution < -0.4 is 11.1 Å². The second-order valence-corrected chi connectivity index (χ2v) is 5.56. The molecule has 2 aromatic rings. The van der Waals surface area contributed by atoms with Crippen molar-refractivity contribution in [3.05, 3.63) is 39.7 Å². The molecule has 0 bridgehead atoms. The van der Waals surface area contributed by atoms with Crippen molar-refractivity contribution in [3.8, 4) is 0 Å². The maximum Gasteiger partial charge on any atom is 0.272 e. The van der Waals surface area contributed by atoms with E-state index in [1.165, 1.54) is 10.4 Å². The summed E-state index contributed by atoms with van der Waals surface area (Å²) >= 11 is 1.76. The molecule has 1 atom stereocenters. The number of nitrogens with zero attached hydrogens (tertiary/aromatic N) is 2. The normalized spacial score (nSPS) is 17.8. The van der Waals surface area contributed by atoms with E-state index in [0.29, 0.717) is 11.5 Å². The molecule has 1 aliphatic rings. The van der Waals surface area contributed by atoms with Crippen molar-refractivity contribution in [1.82, 2.24) is 15.5 Å². The quantitative estimate of drug-likeness (QED) is 0.876. The van der Waals surface area contributed by atoms with Crippen molar-refractivity contribution in [2.45, 2.75) is 25.3 Å². The molecule has 1 unspecified atom stereocenters. The van der Waals surface area contributed by atoms with E-state index >= 15 is 0 Å². The maximum atomic E-state index is 12.1. The van der Waals surface area contributed by atoms with Crippen LogP contribution >= 0.6 is 11.3 Å². The number of carbonyl (C=O) groups excluding carboxylic acids is 1. The molecule has 2 aromatic heterocycles. The van der Waals surface area contributed by atoms with Crippen LogP contribution in [0.1, 0.15) is 39.8 Å². The Morgan fingerprint density at radius 3 is 3.05 bits per heavy atom. The van der Waals surface area contributed by atoms with Crippen molar-refractivity contribution in [2.24, 2.45) is 0 Å². The Labute approximate surface area is 114 Å². The summed E-state index contributed by atoms with van der Waals surface area (Å²) in [6.07, 6.45) is 3.19. The van der Waals surface area contributed by atoms with Gasteiger partial charge in [-0.25, -0.2) is 0 Å². The van der Waals surface area contributed by atoms with Gasteiger partial charge in [0.2, 0.25) is 0 Å². The van der Waals surface area contributed by atoms with Gasteiger partial charge in [0.1, 0.15) is 5.82 Å². The average Bonchev–Trinajstić information content (AvgIpc) is 2.89. The van der Waals surface area contributed by atoms with Crippen LogP contribution in [0, 0.1) is 0 Å². The van der Waals surface area contributed by atoms with Gasteiger partial charge in [-0.2, -0.15) is 0 Å². The van der Waals surface area contributed by atoms with E-state index in [1.54, 1.807) is 23.5 Å². The lowest BCUT2D eigenvalue weighted by atomic mass is 9.94. The molecule has 98 valence electrons. The van der Waals surface area contributed by atoms with Crippen LogP contribution in [0.15, 0.2) is 23.6 Å². The number of nitrogen functional groups attached to an aromatic ring is 1. The molecule has 0 aliphatic heterocycles. The van der Waals surface area contributed by atoms with Gasteiger partial charge in [-0.1, -0.05) is 0 Å². The Morgan fingerprint density at radius 2 is 2.26 bits per heavy atom. The average molecular weight is 274 g/mol. The third-order valence-corrected chi connectivity index (χ3v) is 4.27. The molecule has 0 fully saturated rings. The van der Waals surface area contributed by atoms with Crippen LogP contribution in [-0.4, -0.2) is 16.1 Å². The van der Waals surface area contributed by atoms with Gasteiger partial charge in [-0.3, -0.25) is 4.79 Å². The topological polar surface area (TPSA) is 80.9 Å². The monoisotopic (exact) mass is 274 g/mol. The maximum absolute atomic E-state index is 12.1. The third kappa shape index (κ3) is 2.44. The first kappa shape index (κ1) is 12.1. The Kier molecular flexibility index (Phi) is 3.16. The van der Waals surface area contributed by atoms with E-state index in [1.807, 2.05) is 0 Å². The highest BCUT2D eigenvalue weighted by Crippen LogP contribution is 2.33. The van der Waals surface area contributed by atoms with E-state index in [9.17, 15) is 4.79 Å². The molecule has 0 radical (unpaired) electrons. The molecule has 0 spiro atoms. The van der Waals surface area contributed by atoms with Crippen molar-refractivity contribution in [2.75, 3.05) is 5.73 Å². The molecule has 0 saturated carbocycles. The summed E-state index contributed by atoms with van der Waals surface area (Å²) in [5.41, 5.74) is 7.00. The van der Waals surface area contributed by atoms with Gasteiger partial charge in [0, 0.05) is 4.88 Å². The van der Waals surface area contributed by atoms with Crippen LogP contribution in [0.25, 0.3) is 0 Å². The number of nitrogens with two attached hydrogens (primary N) is 1. The van der Waals surface area contributed by atoms with E-state index in [4.69, 9.17) is 5.73 Å². The number of hydrogen-bond acceptors (Lipinski definition) is 5. The first-order chi connectivity index (χ1) is 9.24. The van der Waals surface area contributed by atoms with E-state index in [0.717, 1.165) is 19.3 Å². The zero-order chi connectivity index (χ0) is 13.2. The minimum atomic E-state index is -0.198. The fourth-order valence-electron chi connectivity index (χ4n) is 2.33. The first-order valence-electron chi connectivity index (χ1n) is 6.20. The second kappa shape index (κ2) is 4.97. The minimum Gasteiger partial charge on any atom is -0.382 e. The molecule has 0 aromatic carbocycles. The Hall–Kier alpha value is -1.95. The highest BCUT2D eigenvalue weighted by atomic mass is 32.1. The van der Waals surface area contributed by atoms with Crippen LogP contribution in [0.3, 0.4) is 0 Å². The lowest BCUT2D eigenvalue weighted by molar-refractivity contribution is 0.0927. The largest absolute Gasteiger partial charge is 0.382 e. The Bertz CT molecular complexity index is 593. The number of rotatable bonds is 2. The smallest absolute Gasteiger partial charge is 0.272 e. The standard InChI is InChI=1S/C13H14N4OS/c14-12-5-4-10(16-17-12)13(18)15-9-2-1-3-11-8(9)6-7-19-11/h4-7,9H,1-3H2,(H2,14,17)(H,15,18). The number of hydrogen-bond donors (Lipinski definition) is 2. The van der Waals surface area contributed by atoms with Crippen LogP contribution in [0.2, 0.25) is 0 Å². The lowest BCUT2D eigenvalue weighted by Gasteiger charge is -2.23. The number of thiophene rings is 1. The number of fused-ring (bicyclic) bond motifs is 1. The molecule has 0 saturated heterocycles. The highest BCUT2D eigenvalue weighted by molar-refractivity contribution is 7.10. The van der Waals surface area contributed by atoms with Gasteiger partial charge in [0.25, 0.3) is 5.91 Å². The number of aromatic nitrogens is 2. The summed E-state index contributed by atoms with van der Waals surface area (Å²) in [4.78, 5) is 13.5. The van der Waals surface area contributed by atoms with Crippen molar-refractivity contribution >= 4 is 23.1 Å². The van der Waals surface area contributed by atoms with E-state index in [2.05, 4.69) is 27.0 Å². The zero-order valence-electron chi connectivity index (χ0n) is 10.3. The van der Waals surface area contributed by atoms with Gasteiger partial charge in [0.05, 0.1) is 6.04 Å². The fraction of sp³-hybridized carbons (Fsp3) is 0.308. The summed E-state index contributed by atoms with van der Waals surface area (Å²) in [7, 11) is 0. The zero-order valence-corrected chi connectivity index (χ0v) is 11.1. The molecule has 3 N–H and O–H groups in total. The van der Waals surface area contributed by atoms with E-state index < -0.39 is 0 Å². The SMILES string of the molecule is Nc1ccc(C(=O)NC2CCCc3sccc32)nn1. The molecule has 1 amide bonds. The van der Waals surface area contributed by atoms with Gasteiger partial charge in [0.15, 0.2) is 5.69 Å². The van der Waals surface area contributed by atoms with Crippen LogP contribution in [0.4, 0.5) is 5.82 Å². The first-order valence-corrected chi connectivity index (χ1v) is 7.08. The second-order valence-electron chi connectivity index (χ2n) is 4.56. The molecule has 2 heterocycles. The minimum absolute atomic E-state index is 0.0850. The molecule has 3 rings (SSSR count). The molecule has 1 aliphatic carbocycles. The van der Waals surface area contributed by atoms with Gasteiger partial charge in [-0.15, -0.1) is 21.5 Å². The number of amides is 1. The lowest BCUT2D eigenvalue weighted by Crippen LogP contribution is -2.31. The summed E-state index contributed by atoms with van der Waals surface area (Å²) in [6.45, 7) is 0. The fourth-order valence-corrected chi connectivity index (χ4v) is 3.32. The summed E-state index contributed by atoms with van der Waals surface area (Å²) < 4.78 is 0. The molecular formula is C13H14N4OS. The Morgan fingerprint density at radius 1 is 1.37 bits per heavy atom. The van der Waals surface area contributed by atoms with Gasteiger partial charge in [-0.05, 0) is 48.4 Å². The molecule has 5 nitrogen and oxygen atoms in total. The van der Waals surface area contributed by atoms with Gasteiger partial charge >= 0.3 is 0 Å². The molecule has 6 heteroatoms. The number of aryl methyl sites for hydroxylation is 1. The molecular weight excluding hydrogens is 260 g/mol. The number of nitrogens with one attached hydrogen (secondary N) is 1. The van der Waals surface area contributed by atoms with Gasteiger partial charge < -0.3 is 11.1 Å².